The highest BCUT2D eigenvalue weighted by atomic mass is 35.5. The Morgan fingerprint density at radius 1 is 1.25 bits per heavy atom. The molecule has 1 aromatic carbocycles. The lowest BCUT2D eigenvalue weighted by molar-refractivity contribution is -0.134. The normalized spacial score (nSPS) is 21.7. The maximum absolute atomic E-state index is 12.1. The molecule has 0 spiro atoms. The molecule has 24 heavy (non-hydrogen) atoms. The van der Waals surface area contributed by atoms with Crippen LogP contribution in [0.5, 0.6) is 0 Å². The lowest BCUT2D eigenvalue weighted by Gasteiger charge is -2.36. The number of amides is 2. The lowest BCUT2D eigenvalue weighted by atomic mass is 10.0. The van der Waals surface area contributed by atoms with Gasteiger partial charge in [0.15, 0.2) is 0 Å². The van der Waals surface area contributed by atoms with Crippen LogP contribution in [0.25, 0.3) is 0 Å². The van der Waals surface area contributed by atoms with Crippen molar-refractivity contribution < 1.29 is 19.1 Å². The Kier molecular flexibility index (Phi) is 5.18. The number of carbonyl (C=O) groups excluding carboxylic acids is 2. The number of rotatable bonds is 3. The molecule has 128 valence electrons. The molecular formula is C17H19ClN2O4. The van der Waals surface area contributed by atoms with Gasteiger partial charge < -0.3 is 19.3 Å². The molecular weight excluding hydrogens is 332 g/mol. The minimum absolute atomic E-state index is 0.0649. The van der Waals surface area contributed by atoms with Crippen LogP contribution in [-0.4, -0.2) is 56.2 Å². The maximum Gasteiger partial charge on any atom is 0.253 e. The van der Waals surface area contributed by atoms with E-state index in [1.54, 1.807) is 21.9 Å². The van der Waals surface area contributed by atoms with Crippen molar-refractivity contribution in [1.82, 2.24) is 4.90 Å². The largest absolute Gasteiger partial charge is 0.377 e. The van der Waals surface area contributed by atoms with Gasteiger partial charge in [0.1, 0.15) is 6.61 Å². The number of ether oxygens (including phenoxy) is 2. The molecule has 3 rings (SSSR count). The van der Waals surface area contributed by atoms with E-state index in [1.807, 2.05) is 6.07 Å². The van der Waals surface area contributed by atoms with Crippen molar-refractivity contribution in [3.63, 3.8) is 0 Å². The summed E-state index contributed by atoms with van der Waals surface area (Å²) < 4.78 is 10.7. The van der Waals surface area contributed by atoms with Crippen LogP contribution in [0, 0.1) is 0 Å². The lowest BCUT2D eigenvalue weighted by Crippen LogP contribution is -2.43. The fraction of sp³-hybridized carbons (Fsp3) is 0.412. The Labute approximate surface area is 145 Å². The number of halogens is 1. The third kappa shape index (κ3) is 3.45. The summed E-state index contributed by atoms with van der Waals surface area (Å²) in [5.74, 6) is -0.249. The smallest absolute Gasteiger partial charge is 0.253 e. The first-order valence-corrected chi connectivity index (χ1v) is 8.17. The van der Waals surface area contributed by atoms with Gasteiger partial charge in [-0.25, -0.2) is 0 Å². The van der Waals surface area contributed by atoms with Gasteiger partial charge in [0.25, 0.3) is 5.91 Å². The average molecular weight is 351 g/mol. The first-order chi connectivity index (χ1) is 11.6. The Morgan fingerprint density at radius 2 is 2.04 bits per heavy atom. The molecule has 2 saturated heterocycles. The summed E-state index contributed by atoms with van der Waals surface area (Å²) in [5, 5.41) is 0.512. The molecule has 2 aliphatic rings. The second kappa shape index (κ2) is 7.34. The zero-order chi connectivity index (χ0) is 17.1. The summed E-state index contributed by atoms with van der Waals surface area (Å²) in [4.78, 5) is 27.6. The van der Waals surface area contributed by atoms with Crippen LogP contribution in [-0.2, 0) is 19.1 Å². The molecule has 0 bridgehead atoms. The van der Waals surface area contributed by atoms with Gasteiger partial charge in [-0.3, -0.25) is 9.59 Å². The van der Waals surface area contributed by atoms with Gasteiger partial charge in [-0.1, -0.05) is 18.2 Å². The highest BCUT2D eigenvalue weighted by Crippen LogP contribution is 2.31. The molecule has 0 unspecified atom stereocenters. The van der Waals surface area contributed by atoms with Crippen LogP contribution in [0.3, 0.4) is 0 Å². The molecule has 2 aliphatic heterocycles. The highest BCUT2D eigenvalue weighted by Gasteiger charge is 2.29. The van der Waals surface area contributed by atoms with E-state index in [4.69, 9.17) is 21.1 Å². The zero-order valence-electron chi connectivity index (χ0n) is 13.2. The minimum atomic E-state index is -0.252. The van der Waals surface area contributed by atoms with E-state index >= 15 is 0 Å². The molecule has 6 nitrogen and oxygen atoms in total. The highest BCUT2D eigenvalue weighted by molar-refractivity contribution is 6.31. The minimum Gasteiger partial charge on any atom is -0.377 e. The molecule has 0 aromatic heterocycles. The van der Waals surface area contributed by atoms with Crippen molar-refractivity contribution in [3.8, 4) is 0 Å². The van der Waals surface area contributed by atoms with E-state index < -0.39 is 0 Å². The Hall–Kier alpha value is -1.89. The first kappa shape index (κ1) is 17.0. The van der Waals surface area contributed by atoms with E-state index in [0.717, 1.165) is 5.56 Å². The number of hydrogen-bond donors (Lipinski definition) is 0. The molecule has 1 aromatic rings. The van der Waals surface area contributed by atoms with Crippen molar-refractivity contribution in [1.29, 1.82) is 0 Å². The van der Waals surface area contributed by atoms with Crippen LogP contribution < -0.4 is 4.90 Å². The third-order valence-electron chi connectivity index (χ3n) is 4.17. The second-order valence-corrected chi connectivity index (χ2v) is 6.10. The summed E-state index contributed by atoms with van der Waals surface area (Å²) in [6.07, 6.45) is 1.30. The number of anilines is 1. The van der Waals surface area contributed by atoms with E-state index in [1.165, 1.54) is 6.08 Å². The Bertz CT molecular complexity index is 664. The van der Waals surface area contributed by atoms with Gasteiger partial charge in [-0.05, 0) is 29.8 Å². The Balaban J connectivity index is 1.93. The van der Waals surface area contributed by atoms with Gasteiger partial charge in [0.05, 0.1) is 25.9 Å². The monoisotopic (exact) mass is 350 g/mol. The predicted molar refractivity (Wildman–Crippen MR) is 90.1 cm³/mol. The van der Waals surface area contributed by atoms with Gasteiger partial charge in [-0.15, -0.1) is 0 Å². The fourth-order valence-electron chi connectivity index (χ4n) is 3.00. The summed E-state index contributed by atoms with van der Waals surface area (Å²) in [6.45, 7) is 5.96. The third-order valence-corrected chi connectivity index (χ3v) is 4.39. The summed E-state index contributed by atoms with van der Waals surface area (Å²) in [6, 6.07) is 5.19. The second-order valence-electron chi connectivity index (χ2n) is 5.67. The molecule has 7 heteroatoms. The standard InChI is InChI=1S/C17H19ClN2O4/c1-2-16(21)20-4-6-23-10-15(20)12-7-13(18)9-14(8-12)19-3-5-24-11-17(19)22/h2,7-9,15H,1,3-6,10-11H2/t15-/m0/s1. The molecule has 1 atom stereocenters. The summed E-state index contributed by atoms with van der Waals surface area (Å²) >= 11 is 6.26. The van der Waals surface area contributed by atoms with Crippen LogP contribution >= 0.6 is 11.6 Å². The van der Waals surface area contributed by atoms with Crippen molar-refractivity contribution in [3.05, 3.63) is 41.4 Å². The van der Waals surface area contributed by atoms with Gasteiger partial charge >= 0.3 is 0 Å². The summed E-state index contributed by atoms with van der Waals surface area (Å²) in [5.41, 5.74) is 1.55. The van der Waals surface area contributed by atoms with Crippen molar-refractivity contribution in [2.75, 3.05) is 44.4 Å². The van der Waals surface area contributed by atoms with E-state index in [0.29, 0.717) is 43.6 Å². The molecule has 0 N–H and O–H groups in total. The van der Waals surface area contributed by atoms with Gasteiger partial charge in [0.2, 0.25) is 5.91 Å². The number of morpholine rings is 2. The Morgan fingerprint density at radius 3 is 2.79 bits per heavy atom. The van der Waals surface area contributed by atoms with Crippen molar-refractivity contribution >= 4 is 29.1 Å². The number of hydrogen-bond acceptors (Lipinski definition) is 4. The van der Waals surface area contributed by atoms with E-state index in [2.05, 4.69) is 6.58 Å². The van der Waals surface area contributed by atoms with Crippen molar-refractivity contribution in [2.45, 2.75) is 6.04 Å². The SMILES string of the molecule is C=CC(=O)N1CCOC[C@H]1c1cc(Cl)cc(N2CCOCC2=O)c1. The van der Waals surface area contributed by atoms with E-state index in [9.17, 15) is 9.59 Å². The predicted octanol–water partition coefficient (Wildman–Crippen LogP) is 1.79. The molecule has 2 heterocycles. The molecule has 2 fully saturated rings. The van der Waals surface area contributed by atoms with Crippen LogP contribution in [0.4, 0.5) is 5.69 Å². The maximum atomic E-state index is 12.1. The average Bonchev–Trinajstić information content (AvgIpc) is 2.61. The number of benzene rings is 1. The zero-order valence-corrected chi connectivity index (χ0v) is 14.0. The van der Waals surface area contributed by atoms with Crippen LogP contribution in [0.2, 0.25) is 5.02 Å². The quantitative estimate of drug-likeness (QED) is 0.780. The van der Waals surface area contributed by atoms with Crippen LogP contribution in [0.1, 0.15) is 11.6 Å². The summed E-state index contributed by atoms with van der Waals surface area (Å²) in [7, 11) is 0. The number of nitrogens with zero attached hydrogens (tertiary/aromatic N) is 2. The molecule has 0 saturated carbocycles. The molecule has 2 amide bonds. The van der Waals surface area contributed by atoms with Crippen LogP contribution in [0.15, 0.2) is 30.9 Å². The number of carbonyl (C=O) groups is 2. The van der Waals surface area contributed by atoms with Gasteiger partial charge in [-0.2, -0.15) is 0 Å². The first-order valence-electron chi connectivity index (χ1n) is 7.79. The van der Waals surface area contributed by atoms with E-state index in [-0.39, 0.29) is 24.5 Å². The molecule has 0 radical (unpaired) electrons. The van der Waals surface area contributed by atoms with Gasteiger partial charge in [0, 0.05) is 23.8 Å². The van der Waals surface area contributed by atoms with Crippen molar-refractivity contribution in [2.24, 2.45) is 0 Å². The topological polar surface area (TPSA) is 59.1 Å². The fourth-order valence-corrected chi connectivity index (χ4v) is 3.23. The molecule has 0 aliphatic carbocycles.